The molecular formula is C19H17N3O3. The van der Waals surface area contributed by atoms with Crippen LogP contribution in [0.3, 0.4) is 0 Å². The first kappa shape index (κ1) is 16.7. The molecular weight excluding hydrogens is 318 g/mol. The van der Waals surface area contributed by atoms with E-state index in [0.717, 1.165) is 4.90 Å². The number of β-amino-alcohol motifs (C(OH)–C–C–N with tert-alkyl or cyclic N) is 1. The number of carbonyl (C=O) groups excluding carboxylic acids is 2. The van der Waals surface area contributed by atoms with Gasteiger partial charge in [-0.2, -0.15) is 5.26 Å². The van der Waals surface area contributed by atoms with Crippen molar-refractivity contribution in [1.82, 2.24) is 10.2 Å². The maximum absolute atomic E-state index is 12.8. The molecule has 1 saturated heterocycles. The van der Waals surface area contributed by atoms with Gasteiger partial charge < -0.3 is 10.4 Å². The first-order chi connectivity index (χ1) is 12.0. The lowest BCUT2D eigenvalue weighted by Crippen LogP contribution is -2.41. The number of amides is 3. The molecule has 3 rings (SSSR count). The Hall–Kier alpha value is -3.17. The second-order valence-corrected chi connectivity index (χ2v) is 6.09. The number of benzene rings is 2. The van der Waals surface area contributed by atoms with Gasteiger partial charge in [0.2, 0.25) is 0 Å². The molecule has 1 aliphatic rings. The van der Waals surface area contributed by atoms with Crippen LogP contribution in [0.1, 0.15) is 29.7 Å². The number of hydrogen-bond acceptors (Lipinski definition) is 4. The first-order valence-electron chi connectivity index (χ1n) is 7.83. The Bertz CT molecular complexity index is 842. The average molecular weight is 335 g/mol. The van der Waals surface area contributed by atoms with Crippen molar-refractivity contribution < 1.29 is 14.7 Å². The van der Waals surface area contributed by atoms with Crippen LogP contribution in [0.2, 0.25) is 0 Å². The predicted octanol–water partition coefficient (Wildman–Crippen LogP) is 2.06. The van der Waals surface area contributed by atoms with Gasteiger partial charge in [0.05, 0.1) is 24.3 Å². The first-order valence-corrected chi connectivity index (χ1v) is 7.83. The Morgan fingerprint density at radius 3 is 2.40 bits per heavy atom. The molecule has 2 aromatic rings. The van der Waals surface area contributed by atoms with Crippen molar-refractivity contribution in [3.63, 3.8) is 0 Å². The third-order valence-corrected chi connectivity index (χ3v) is 4.41. The standard InChI is InChI=1S/C19H17N3O3/c1-19(15-9-7-13(11-20)8-10-15)17(24)22(18(25)21-19)12-16(23)14-5-3-2-4-6-14/h2-10,16,23H,12H2,1H3,(H,21,25)/t16-,19-/m0/s1. The smallest absolute Gasteiger partial charge is 0.325 e. The minimum atomic E-state index is -1.22. The van der Waals surface area contributed by atoms with Gasteiger partial charge in [-0.15, -0.1) is 0 Å². The zero-order chi connectivity index (χ0) is 18.0. The van der Waals surface area contributed by atoms with Crippen molar-refractivity contribution in [1.29, 1.82) is 5.26 Å². The lowest BCUT2D eigenvalue weighted by molar-refractivity contribution is -0.132. The molecule has 6 nitrogen and oxygen atoms in total. The number of nitriles is 1. The van der Waals surface area contributed by atoms with Crippen molar-refractivity contribution in [3.8, 4) is 6.07 Å². The minimum Gasteiger partial charge on any atom is -0.387 e. The molecule has 0 aliphatic carbocycles. The minimum absolute atomic E-state index is 0.124. The van der Waals surface area contributed by atoms with Gasteiger partial charge in [0, 0.05) is 0 Å². The molecule has 1 heterocycles. The van der Waals surface area contributed by atoms with Crippen molar-refractivity contribution in [3.05, 3.63) is 71.3 Å². The summed E-state index contributed by atoms with van der Waals surface area (Å²) in [5.74, 6) is -0.433. The molecule has 6 heteroatoms. The maximum Gasteiger partial charge on any atom is 0.325 e. The van der Waals surface area contributed by atoms with Crippen LogP contribution in [0.5, 0.6) is 0 Å². The van der Waals surface area contributed by atoms with E-state index in [9.17, 15) is 14.7 Å². The number of urea groups is 1. The molecule has 2 aromatic carbocycles. The van der Waals surface area contributed by atoms with Crippen LogP contribution >= 0.6 is 0 Å². The van der Waals surface area contributed by atoms with Gasteiger partial charge in [0.1, 0.15) is 5.54 Å². The quantitative estimate of drug-likeness (QED) is 0.836. The molecule has 0 radical (unpaired) electrons. The lowest BCUT2D eigenvalue weighted by Gasteiger charge is -2.23. The van der Waals surface area contributed by atoms with Crippen molar-refractivity contribution in [2.45, 2.75) is 18.6 Å². The number of nitrogens with one attached hydrogen (secondary N) is 1. The molecule has 2 N–H and O–H groups in total. The zero-order valence-corrected chi connectivity index (χ0v) is 13.6. The Kier molecular flexibility index (Phi) is 4.26. The fraction of sp³-hybridized carbons (Fsp3) is 0.211. The third-order valence-electron chi connectivity index (χ3n) is 4.41. The van der Waals surface area contributed by atoms with E-state index in [-0.39, 0.29) is 6.54 Å². The van der Waals surface area contributed by atoms with E-state index in [1.807, 2.05) is 12.1 Å². The summed E-state index contributed by atoms with van der Waals surface area (Å²) in [6, 6.07) is 16.8. The monoisotopic (exact) mass is 335 g/mol. The van der Waals surface area contributed by atoms with E-state index in [1.165, 1.54) is 0 Å². The van der Waals surface area contributed by atoms with Gasteiger partial charge in [0.15, 0.2) is 0 Å². The highest BCUT2D eigenvalue weighted by Gasteiger charge is 2.49. The number of hydrogen-bond donors (Lipinski definition) is 2. The van der Waals surface area contributed by atoms with E-state index in [1.54, 1.807) is 55.5 Å². The van der Waals surface area contributed by atoms with Gasteiger partial charge in [-0.1, -0.05) is 42.5 Å². The van der Waals surface area contributed by atoms with E-state index >= 15 is 0 Å². The molecule has 0 bridgehead atoms. The SMILES string of the molecule is C[C@@]1(c2ccc(C#N)cc2)NC(=O)N(C[C@H](O)c2ccccc2)C1=O. The second-order valence-electron chi connectivity index (χ2n) is 6.09. The molecule has 126 valence electrons. The predicted molar refractivity (Wildman–Crippen MR) is 90.2 cm³/mol. The topological polar surface area (TPSA) is 93.4 Å². The number of aliphatic hydroxyl groups excluding tert-OH is 1. The number of carbonyl (C=O) groups is 2. The van der Waals surface area contributed by atoms with Crippen LogP contribution in [-0.4, -0.2) is 28.5 Å². The molecule has 25 heavy (non-hydrogen) atoms. The number of aliphatic hydroxyl groups is 1. The highest BCUT2D eigenvalue weighted by atomic mass is 16.3. The van der Waals surface area contributed by atoms with Crippen LogP contribution < -0.4 is 5.32 Å². The average Bonchev–Trinajstić information content (AvgIpc) is 2.86. The van der Waals surface area contributed by atoms with Crippen molar-refractivity contribution >= 4 is 11.9 Å². The summed E-state index contributed by atoms with van der Waals surface area (Å²) in [4.78, 5) is 26.1. The Morgan fingerprint density at radius 1 is 1.16 bits per heavy atom. The summed E-state index contributed by atoms with van der Waals surface area (Å²) in [7, 11) is 0. The van der Waals surface area contributed by atoms with Crippen LogP contribution in [0.25, 0.3) is 0 Å². The van der Waals surface area contributed by atoms with Crippen LogP contribution in [0.15, 0.2) is 54.6 Å². The van der Waals surface area contributed by atoms with E-state index in [0.29, 0.717) is 16.7 Å². The fourth-order valence-corrected chi connectivity index (χ4v) is 2.89. The zero-order valence-electron chi connectivity index (χ0n) is 13.6. The molecule has 0 saturated carbocycles. The van der Waals surface area contributed by atoms with Gasteiger partial charge in [-0.25, -0.2) is 4.79 Å². The summed E-state index contributed by atoms with van der Waals surface area (Å²) in [5, 5.41) is 21.9. The van der Waals surface area contributed by atoms with Crippen molar-refractivity contribution in [2.75, 3.05) is 6.54 Å². The van der Waals surface area contributed by atoms with Crippen molar-refractivity contribution in [2.24, 2.45) is 0 Å². The number of rotatable bonds is 4. The summed E-state index contributed by atoms with van der Waals surface area (Å²) < 4.78 is 0. The summed E-state index contributed by atoms with van der Waals surface area (Å²) in [6.07, 6.45) is -0.959. The molecule has 3 amide bonds. The third kappa shape index (κ3) is 2.97. The normalized spacial score (nSPS) is 20.9. The number of imide groups is 1. The Labute approximate surface area is 145 Å². The highest BCUT2D eigenvalue weighted by Crippen LogP contribution is 2.30. The van der Waals surface area contributed by atoms with Gasteiger partial charge >= 0.3 is 6.03 Å². The highest BCUT2D eigenvalue weighted by molar-refractivity contribution is 6.07. The molecule has 0 spiro atoms. The summed E-state index contributed by atoms with van der Waals surface area (Å²) in [5.41, 5.74) is 0.471. The summed E-state index contributed by atoms with van der Waals surface area (Å²) >= 11 is 0. The van der Waals surface area contributed by atoms with Crippen LogP contribution in [0.4, 0.5) is 4.79 Å². The molecule has 1 aliphatic heterocycles. The Morgan fingerprint density at radius 2 is 1.80 bits per heavy atom. The Balaban J connectivity index is 1.83. The molecule has 1 fully saturated rings. The van der Waals surface area contributed by atoms with Gasteiger partial charge in [-0.3, -0.25) is 9.69 Å². The largest absolute Gasteiger partial charge is 0.387 e. The molecule has 0 aromatic heterocycles. The lowest BCUT2D eigenvalue weighted by atomic mass is 9.91. The number of nitrogens with zero attached hydrogens (tertiary/aromatic N) is 2. The van der Waals surface area contributed by atoms with Crippen LogP contribution in [0, 0.1) is 11.3 Å². The summed E-state index contributed by atoms with van der Waals surface area (Å²) in [6.45, 7) is 1.49. The molecule has 2 atom stereocenters. The van der Waals surface area contributed by atoms with Crippen LogP contribution in [-0.2, 0) is 10.3 Å². The fourth-order valence-electron chi connectivity index (χ4n) is 2.89. The van der Waals surface area contributed by atoms with E-state index in [4.69, 9.17) is 5.26 Å². The van der Waals surface area contributed by atoms with E-state index < -0.39 is 23.6 Å². The van der Waals surface area contributed by atoms with E-state index in [2.05, 4.69) is 5.32 Å². The van der Waals surface area contributed by atoms with Gasteiger partial charge in [0.25, 0.3) is 5.91 Å². The van der Waals surface area contributed by atoms with Gasteiger partial charge in [-0.05, 0) is 30.2 Å². The molecule has 0 unspecified atom stereocenters. The maximum atomic E-state index is 12.8. The second kappa shape index (κ2) is 6.38.